The highest BCUT2D eigenvalue weighted by Crippen LogP contribution is 2.18. The molecule has 0 saturated carbocycles. The molecule has 0 atom stereocenters. The van der Waals surface area contributed by atoms with E-state index in [0.717, 1.165) is 55.1 Å². The zero-order valence-corrected chi connectivity index (χ0v) is 16.7. The van der Waals surface area contributed by atoms with Gasteiger partial charge in [-0.15, -0.1) is 0 Å². The topological polar surface area (TPSA) is 88.0 Å². The molecule has 0 aliphatic carbocycles. The van der Waals surface area contributed by atoms with Gasteiger partial charge in [0.2, 0.25) is 0 Å². The summed E-state index contributed by atoms with van der Waals surface area (Å²) in [6, 6.07) is 9.76. The summed E-state index contributed by atoms with van der Waals surface area (Å²) in [4.78, 5) is 23.2. The Bertz CT molecular complexity index is 1240. The van der Waals surface area contributed by atoms with Crippen molar-refractivity contribution in [3.05, 3.63) is 64.5 Å². The van der Waals surface area contributed by atoms with Crippen LogP contribution in [-0.4, -0.2) is 57.5 Å². The van der Waals surface area contributed by atoms with Gasteiger partial charge in [0.25, 0.3) is 12.0 Å². The lowest BCUT2D eigenvalue weighted by Crippen LogP contribution is -2.35. The summed E-state index contributed by atoms with van der Waals surface area (Å²) in [7, 11) is 1.63. The highest BCUT2D eigenvalue weighted by atomic mass is 16.5. The first kappa shape index (κ1) is 18.7. The molecule has 1 aromatic carbocycles. The lowest BCUT2D eigenvalue weighted by Gasteiger charge is -2.26. The molecule has 0 amide bonds. The maximum Gasteiger partial charge on any atom is 0.425 e. The maximum absolute atomic E-state index is 13.1. The van der Waals surface area contributed by atoms with E-state index in [-0.39, 0.29) is 5.69 Å². The van der Waals surface area contributed by atoms with Crippen LogP contribution in [0.4, 0.5) is 0 Å². The molecule has 0 unspecified atom stereocenters. The van der Waals surface area contributed by atoms with Crippen molar-refractivity contribution in [2.24, 2.45) is 0 Å². The number of rotatable bonds is 5. The molecule has 154 valence electrons. The smallest absolute Gasteiger partial charge is 0.425 e. The summed E-state index contributed by atoms with van der Waals surface area (Å²) in [5.41, 5.74) is 3.12. The Hall–Kier alpha value is -3.30. The number of morpholine rings is 1. The summed E-state index contributed by atoms with van der Waals surface area (Å²) in [6.45, 7) is 4.51. The van der Waals surface area contributed by atoms with Crippen LogP contribution in [0.5, 0.6) is 5.75 Å². The molecule has 1 N–H and O–H groups in total. The van der Waals surface area contributed by atoms with Crippen molar-refractivity contribution >= 4 is 16.7 Å². The number of nitrogens with zero attached hydrogens (tertiary/aromatic N) is 5. The Morgan fingerprint density at radius 3 is 2.70 bits per heavy atom. The molecule has 30 heavy (non-hydrogen) atoms. The number of hydrogen-bond donors (Lipinski definition) is 0. The molecular weight excluding hydrogens is 384 g/mol. The molecule has 1 aliphatic rings. The molecule has 3 aromatic heterocycles. The third-order valence-corrected chi connectivity index (χ3v) is 5.44. The predicted molar refractivity (Wildman–Crippen MR) is 110 cm³/mol. The molecule has 1 saturated heterocycles. The second-order valence-electron chi connectivity index (χ2n) is 7.37. The monoisotopic (exact) mass is 407 g/mol. The number of aromatic amines is 1. The van der Waals surface area contributed by atoms with Crippen LogP contribution < -0.4 is 15.4 Å². The largest absolute Gasteiger partial charge is 0.497 e. The molecule has 0 radical (unpaired) electrons. The lowest BCUT2D eigenvalue weighted by atomic mass is 10.2. The number of hydrogen-bond acceptors (Lipinski definition) is 6. The van der Waals surface area contributed by atoms with Crippen molar-refractivity contribution in [3.8, 4) is 5.75 Å². The summed E-state index contributed by atoms with van der Waals surface area (Å²) >= 11 is 0. The zero-order chi connectivity index (χ0) is 20.5. The van der Waals surface area contributed by atoms with Gasteiger partial charge < -0.3 is 9.47 Å². The number of H-pyrrole nitrogens is 1. The minimum Gasteiger partial charge on any atom is -0.497 e. The van der Waals surface area contributed by atoms with Crippen molar-refractivity contribution < 1.29 is 14.5 Å². The van der Waals surface area contributed by atoms with Gasteiger partial charge in [0.15, 0.2) is 5.65 Å². The fourth-order valence-corrected chi connectivity index (χ4v) is 3.86. The molecule has 4 heterocycles. The molecule has 5 rings (SSSR count). The summed E-state index contributed by atoms with van der Waals surface area (Å²) in [6.07, 6.45) is 3.39. The second kappa shape index (κ2) is 7.85. The first-order chi connectivity index (χ1) is 14.7. The van der Waals surface area contributed by atoms with Crippen LogP contribution in [0.3, 0.4) is 0 Å². The minimum atomic E-state index is -0.233. The highest BCUT2D eigenvalue weighted by Gasteiger charge is 2.20. The van der Waals surface area contributed by atoms with E-state index in [9.17, 15) is 4.79 Å². The SMILES string of the molecule is COc1ccc(Cn2c(=O)n3nc[nH+]c3c3cc(CN4CCOCC4)cnc32)cc1. The Balaban J connectivity index is 1.58. The molecule has 0 bridgehead atoms. The Morgan fingerprint density at radius 1 is 1.13 bits per heavy atom. The summed E-state index contributed by atoms with van der Waals surface area (Å²) in [5.74, 6) is 0.777. The number of aromatic nitrogens is 5. The van der Waals surface area contributed by atoms with Gasteiger partial charge in [-0.25, -0.2) is 14.8 Å². The van der Waals surface area contributed by atoms with Gasteiger partial charge in [0.05, 0.1) is 32.3 Å². The molecule has 1 aliphatic heterocycles. The third kappa shape index (κ3) is 3.42. The Kier molecular flexibility index (Phi) is 4.89. The van der Waals surface area contributed by atoms with Crippen LogP contribution in [0, 0.1) is 0 Å². The van der Waals surface area contributed by atoms with E-state index in [0.29, 0.717) is 17.8 Å². The van der Waals surface area contributed by atoms with Crippen LogP contribution in [0.2, 0.25) is 0 Å². The van der Waals surface area contributed by atoms with E-state index in [1.54, 1.807) is 11.7 Å². The molecule has 1 fully saturated rings. The fraction of sp³-hybridized carbons (Fsp3) is 0.333. The Labute approximate surface area is 172 Å². The first-order valence-corrected chi connectivity index (χ1v) is 9.93. The number of fused-ring (bicyclic) bond motifs is 3. The average molecular weight is 407 g/mol. The van der Waals surface area contributed by atoms with Gasteiger partial charge in [0.1, 0.15) is 5.75 Å². The van der Waals surface area contributed by atoms with E-state index in [1.807, 2.05) is 30.5 Å². The van der Waals surface area contributed by atoms with Crippen LogP contribution in [-0.2, 0) is 17.8 Å². The number of benzene rings is 1. The van der Waals surface area contributed by atoms with Crippen molar-refractivity contribution in [1.82, 2.24) is 24.1 Å². The van der Waals surface area contributed by atoms with Gasteiger partial charge in [-0.1, -0.05) is 12.1 Å². The fourth-order valence-electron chi connectivity index (χ4n) is 3.86. The summed E-state index contributed by atoms with van der Waals surface area (Å²) in [5, 5.41) is 5.06. The number of methoxy groups -OCH3 is 1. The van der Waals surface area contributed by atoms with Crippen molar-refractivity contribution in [3.63, 3.8) is 0 Å². The van der Waals surface area contributed by atoms with Crippen LogP contribution in [0.15, 0.2) is 47.7 Å². The minimum absolute atomic E-state index is 0.233. The van der Waals surface area contributed by atoms with Crippen LogP contribution >= 0.6 is 0 Å². The molecule has 0 spiro atoms. The van der Waals surface area contributed by atoms with Gasteiger partial charge in [-0.3, -0.25) is 9.47 Å². The first-order valence-electron chi connectivity index (χ1n) is 9.93. The van der Waals surface area contributed by atoms with Gasteiger partial charge >= 0.3 is 5.69 Å². The van der Waals surface area contributed by atoms with E-state index in [1.165, 1.54) is 10.8 Å². The molecule has 4 aromatic rings. The standard InChI is InChI=1S/C21H22N6O3/c1-29-17-4-2-15(3-5-17)13-26-19-18(20-23-14-24-27(20)21(26)28)10-16(11-22-19)12-25-6-8-30-9-7-25/h2-5,10-11,14H,6-9,12-13H2,1H3/p+1. The number of ether oxygens (including phenoxy) is 2. The van der Waals surface area contributed by atoms with E-state index in [2.05, 4.69) is 26.0 Å². The zero-order valence-electron chi connectivity index (χ0n) is 16.7. The van der Waals surface area contributed by atoms with Gasteiger partial charge in [-0.05, 0) is 33.8 Å². The second-order valence-corrected chi connectivity index (χ2v) is 7.37. The third-order valence-electron chi connectivity index (χ3n) is 5.44. The molecule has 9 nitrogen and oxygen atoms in total. The van der Waals surface area contributed by atoms with E-state index in [4.69, 9.17) is 9.47 Å². The Morgan fingerprint density at radius 2 is 1.93 bits per heavy atom. The predicted octanol–water partition coefficient (Wildman–Crippen LogP) is 0.747. The van der Waals surface area contributed by atoms with E-state index < -0.39 is 0 Å². The summed E-state index contributed by atoms with van der Waals surface area (Å²) < 4.78 is 13.7. The van der Waals surface area contributed by atoms with Gasteiger partial charge in [-0.2, -0.15) is 0 Å². The highest BCUT2D eigenvalue weighted by molar-refractivity contribution is 5.87. The molecule has 9 heteroatoms. The van der Waals surface area contributed by atoms with Crippen molar-refractivity contribution in [2.75, 3.05) is 33.4 Å². The van der Waals surface area contributed by atoms with Crippen molar-refractivity contribution in [1.29, 1.82) is 0 Å². The lowest BCUT2D eigenvalue weighted by molar-refractivity contribution is -0.345. The van der Waals surface area contributed by atoms with Crippen LogP contribution in [0.25, 0.3) is 16.7 Å². The normalized spacial score (nSPS) is 15.1. The average Bonchev–Trinajstić information content (AvgIpc) is 3.28. The maximum atomic E-state index is 13.1. The van der Waals surface area contributed by atoms with Crippen molar-refractivity contribution in [2.45, 2.75) is 13.1 Å². The number of nitrogens with one attached hydrogen (secondary N) is 1. The molecular formula is C21H23N6O3+. The van der Waals surface area contributed by atoms with Crippen LogP contribution in [0.1, 0.15) is 11.1 Å². The van der Waals surface area contributed by atoms with Gasteiger partial charge in [0, 0.05) is 30.9 Å². The number of pyridine rings is 1. The quantitative estimate of drug-likeness (QED) is 0.485. The van der Waals surface area contributed by atoms with E-state index >= 15 is 0 Å².